The van der Waals surface area contributed by atoms with Crippen LogP contribution >= 0.6 is 0 Å². The molecule has 0 fully saturated rings. The van der Waals surface area contributed by atoms with E-state index in [4.69, 9.17) is 9.73 Å². The van der Waals surface area contributed by atoms with Crippen molar-refractivity contribution in [1.82, 2.24) is 9.97 Å². The molecule has 0 amide bonds. The molecule has 0 aliphatic carbocycles. The summed E-state index contributed by atoms with van der Waals surface area (Å²) in [7, 11) is 0. The molecule has 2 aromatic heterocycles. The predicted molar refractivity (Wildman–Crippen MR) is 133 cm³/mol. The van der Waals surface area contributed by atoms with Crippen molar-refractivity contribution in [3.63, 3.8) is 0 Å². The number of rotatable bonds is 14. The van der Waals surface area contributed by atoms with Gasteiger partial charge in [0, 0.05) is 18.0 Å². The van der Waals surface area contributed by atoms with E-state index >= 15 is 0 Å². The first kappa shape index (κ1) is 23.2. The first-order valence-corrected chi connectivity index (χ1v) is 12.2. The van der Waals surface area contributed by atoms with Crippen LogP contribution in [0.4, 0.5) is 0 Å². The zero-order valence-corrected chi connectivity index (χ0v) is 19.6. The van der Waals surface area contributed by atoms with Gasteiger partial charge in [-0.05, 0) is 56.5 Å². The van der Waals surface area contributed by atoms with Crippen molar-refractivity contribution in [3.05, 3.63) is 47.4 Å². The Morgan fingerprint density at radius 1 is 0.968 bits per heavy atom. The summed E-state index contributed by atoms with van der Waals surface area (Å²) in [6.45, 7) is 7.06. The smallest absolute Gasteiger partial charge is 0.144 e. The van der Waals surface area contributed by atoms with E-state index in [1.165, 1.54) is 63.4 Å². The number of nitrogens with zero attached hydrogens (tertiary/aromatic N) is 1. The van der Waals surface area contributed by atoms with Gasteiger partial charge in [0.2, 0.25) is 0 Å². The molecule has 0 saturated heterocycles. The van der Waals surface area contributed by atoms with E-state index in [0.717, 1.165) is 40.7 Å². The van der Waals surface area contributed by atoms with Gasteiger partial charge in [0.25, 0.3) is 0 Å². The Bertz CT molecular complexity index is 884. The van der Waals surface area contributed by atoms with E-state index in [1.807, 2.05) is 19.2 Å². The maximum atomic E-state index is 5.85. The van der Waals surface area contributed by atoms with Crippen LogP contribution < -0.4 is 4.74 Å². The fourth-order valence-corrected chi connectivity index (χ4v) is 4.16. The minimum atomic E-state index is 0.639. The summed E-state index contributed by atoms with van der Waals surface area (Å²) in [5, 5.41) is 0. The van der Waals surface area contributed by atoms with E-state index in [0.29, 0.717) is 6.61 Å². The van der Waals surface area contributed by atoms with Gasteiger partial charge in [-0.15, -0.1) is 0 Å². The third-order valence-electron chi connectivity index (χ3n) is 5.92. The number of hydrogen-bond donors (Lipinski definition) is 2. The lowest BCUT2D eigenvalue weighted by Crippen LogP contribution is -1.93. The third-order valence-corrected chi connectivity index (χ3v) is 5.92. The minimum absolute atomic E-state index is 0.639. The molecule has 0 spiro atoms. The highest BCUT2D eigenvalue weighted by Gasteiger charge is 2.14. The number of H-pyrrole nitrogens is 2. The SMILES string of the molecule is CCCCCCCCCCCC1=C/C(=C/c2[nH]c(-c3ccc[nH]3)cc2OCC)N=C1C. The lowest BCUT2D eigenvalue weighted by Gasteiger charge is -2.03. The lowest BCUT2D eigenvalue weighted by molar-refractivity contribution is 0.340. The average molecular weight is 422 g/mol. The third kappa shape index (κ3) is 7.02. The Balaban J connectivity index is 1.53. The fourth-order valence-electron chi connectivity index (χ4n) is 4.16. The second kappa shape index (κ2) is 12.4. The molecule has 4 nitrogen and oxygen atoms in total. The molecular weight excluding hydrogens is 382 g/mol. The zero-order chi connectivity index (χ0) is 21.9. The Hall–Kier alpha value is -2.49. The Morgan fingerprint density at radius 2 is 1.71 bits per heavy atom. The van der Waals surface area contributed by atoms with Crippen molar-refractivity contribution in [2.45, 2.75) is 85.0 Å². The van der Waals surface area contributed by atoms with Crippen LogP contribution in [0.25, 0.3) is 17.5 Å². The minimum Gasteiger partial charge on any atom is -0.492 e. The van der Waals surface area contributed by atoms with E-state index in [1.54, 1.807) is 0 Å². The van der Waals surface area contributed by atoms with Crippen LogP contribution in [0.15, 0.2) is 46.7 Å². The first-order valence-electron chi connectivity index (χ1n) is 12.2. The number of aliphatic imine (C=N–C) groups is 1. The molecule has 4 heteroatoms. The summed E-state index contributed by atoms with van der Waals surface area (Å²) in [5.74, 6) is 0.869. The normalized spacial score (nSPS) is 14.9. The Morgan fingerprint density at radius 3 is 2.39 bits per heavy atom. The van der Waals surface area contributed by atoms with Crippen molar-refractivity contribution in [1.29, 1.82) is 0 Å². The molecular formula is C27H39N3O. The maximum absolute atomic E-state index is 5.85. The van der Waals surface area contributed by atoms with Crippen molar-refractivity contribution in [2.24, 2.45) is 4.99 Å². The summed E-state index contributed by atoms with van der Waals surface area (Å²) in [5.41, 5.74) is 6.59. The van der Waals surface area contributed by atoms with Gasteiger partial charge >= 0.3 is 0 Å². The van der Waals surface area contributed by atoms with Gasteiger partial charge in [0.05, 0.1) is 29.4 Å². The van der Waals surface area contributed by atoms with Crippen LogP contribution in [-0.4, -0.2) is 22.3 Å². The molecule has 0 unspecified atom stereocenters. The Labute approximate surface area is 187 Å². The van der Waals surface area contributed by atoms with E-state index in [-0.39, 0.29) is 0 Å². The van der Waals surface area contributed by atoms with Gasteiger partial charge in [-0.25, -0.2) is 0 Å². The predicted octanol–water partition coefficient (Wildman–Crippen LogP) is 8.07. The van der Waals surface area contributed by atoms with Crippen LogP contribution in [0.5, 0.6) is 5.75 Å². The van der Waals surface area contributed by atoms with Crippen LogP contribution in [0, 0.1) is 0 Å². The maximum Gasteiger partial charge on any atom is 0.144 e. The largest absolute Gasteiger partial charge is 0.492 e. The quantitative estimate of drug-likeness (QED) is 0.298. The summed E-state index contributed by atoms with van der Waals surface area (Å²) in [6.07, 6.45) is 19.7. The summed E-state index contributed by atoms with van der Waals surface area (Å²) in [6, 6.07) is 6.11. The van der Waals surface area contributed by atoms with E-state index in [2.05, 4.69) is 48.1 Å². The molecule has 1 aliphatic rings. The van der Waals surface area contributed by atoms with Gasteiger partial charge in [0.15, 0.2) is 0 Å². The molecule has 31 heavy (non-hydrogen) atoms. The Kier molecular flexibility index (Phi) is 9.26. The molecule has 0 atom stereocenters. The van der Waals surface area contributed by atoms with E-state index < -0.39 is 0 Å². The van der Waals surface area contributed by atoms with Crippen molar-refractivity contribution in [3.8, 4) is 17.1 Å². The number of aromatic nitrogens is 2. The molecule has 0 saturated carbocycles. The fraction of sp³-hybridized carbons (Fsp3) is 0.519. The molecule has 2 N–H and O–H groups in total. The van der Waals surface area contributed by atoms with Crippen LogP contribution in [0.1, 0.15) is 90.7 Å². The molecule has 1 aliphatic heterocycles. The number of unbranched alkanes of at least 4 members (excludes halogenated alkanes) is 8. The number of allylic oxidation sites excluding steroid dienone is 2. The molecule has 3 heterocycles. The van der Waals surface area contributed by atoms with Crippen LogP contribution in [0.3, 0.4) is 0 Å². The van der Waals surface area contributed by atoms with E-state index in [9.17, 15) is 0 Å². The molecule has 168 valence electrons. The van der Waals surface area contributed by atoms with Crippen molar-refractivity contribution >= 4 is 11.8 Å². The summed E-state index contributed by atoms with van der Waals surface area (Å²) >= 11 is 0. The number of nitrogens with one attached hydrogen (secondary N) is 2. The van der Waals surface area contributed by atoms with Crippen molar-refractivity contribution < 1.29 is 4.74 Å². The number of hydrogen-bond acceptors (Lipinski definition) is 2. The molecule has 0 radical (unpaired) electrons. The molecule has 0 aromatic carbocycles. The lowest BCUT2D eigenvalue weighted by atomic mass is 10.0. The second-order valence-corrected chi connectivity index (χ2v) is 8.49. The highest BCUT2D eigenvalue weighted by Crippen LogP contribution is 2.30. The standard InChI is InChI=1S/C27H39N3O/c1-4-6-7-8-9-10-11-12-13-15-22-18-23(29-21(22)3)19-26-27(31-5-2)20-25(30-26)24-16-14-17-28-24/h14,16-20,28,30H,4-13,15H2,1-3H3/b23-19-. The van der Waals surface area contributed by atoms with Gasteiger partial charge in [-0.1, -0.05) is 58.3 Å². The first-order chi connectivity index (χ1) is 15.2. The highest BCUT2D eigenvalue weighted by molar-refractivity contribution is 6.02. The van der Waals surface area contributed by atoms with Gasteiger partial charge < -0.3 is 14.7 Å². The molecule has 0 bridgehead atoms. The number of ether oxygens (including phenoxy) is 1. The highest BCUT2D eigenvalue weighted by atomic mass is 16.5. The number of aromatic amines is 2. The van der Waals surface area contributed by atoms with Crippen LogP contribution in [0.2, 0.25) is 0 Å². The molecule has 2 aromatic rings. The van der Waals surface area contributed by atoms with Crippen molar-refractivity contribution in [2.75, 3.05) is 6.61 Å². The second-order valence-electron chi connectivity index (χ2n) is 8.49. The average Bonchev–Trinajstić information content (AvgIpc) is 3.49. The topological polar surface area (TPSA) is 53.2 Å². The van der Waals surface area contributed by atoms with Gasteiger partial charge in [-0.2, -0.15) is 0 Å². The zero-order valence-electron chi connectivity index (χ0n) is 19.6. The van der Waals surface area contributed by atoms with Crippen LogP contribution in [-0.2, 0) is 0 Å². The van der Waals surface area contributed by atoms with Gasteiger partial charge in [0.1, 0.15) is 5.75 Å². The van der Waals surface area contributed by atoms with Gasteiger partial charge in [-0.3, -0.25) is 4.99 Å². The monoisotopic (exact) mass is 421 g/mol. The summed E-state index contributed by atoms with van der Waals surface area (Å²) < 4.78 is 5.85. The summed E-state index contributed by atoms with van der Waals surface area (Å²) in [4.78, 5) is 11.5. The molecule has 3 rings (SSSR count).